The summed E-state index contributed by atoms with van der Waals surface area (Å²) < 4.78 is 24.6. The summed E-state index contributed by atoms with van der Waals surface area (Å²) in [6, 6.07) is 51.3. The van der Waals surface area contributed by atoms with E-state index in [1.807, 2.05) is 54.7 Å². The summed E-state index contributed by atoms with van der Waals surface area (Å²) in [5, 5.41) is 1.94. The topological polar surface area (TPSA) is 33.5 Å². The molecule has 288 valence electrons. The molecule has 0 N–H and O–H groups in total. The van der Waals surface area contributed by atoms with Crippen molar-refractivity contribution in [3.05, 3.63) is 175 Å². The number of halogens is 1. The van der Waals surface area contributed by atoms with Crippen molar-refractivity contribution in [3.63, 3.8) is 0 Å². The van der Waals surface area contributed by atoms with Gasteiger partial charge in [0.1, 0.15) is 11.6 Å². The van der Waals surface area contributed by atoms with Crippen LogP contribution in [0.1, 0.15) is 52.7 Å². The van der Waals surface area contributed by atoms with Crippen LogP contribution in [0.4, 0.5) is 27.1 Å². The molecule has 7 heteroatoms. The van der Waals surface area contributed by atoms with Gasteiger partial charge in [-0.25, -0.2) is 9.37 Å². The van der Waals surface area contributed by atoms with Crippen LogP contribution in [-0.4, -0.2) is 9.55 Å². The van der Waals surface area contributed by atoms with Crippen molar-refractivity contribution in [1.82, 2.24) is 9.55 Å². The zero-order chi connectivity index (χ0) is 38.8. The molecule has 0 radical (unpaired) electrons. The molecular weight excluding hydrogens is 887 g/mol. The van der Waals surface area contributed by atoms with Crippen molar-refractivity contribution >= 4 is 44.6 Å². The molecular formula is C50H42FN4OPt-3. The second-order valence-electron chi connectivity index (χ2n) is 16.4. The fourth-order valence-electron chi connectivity index (χ4n) is 7.50. The van der Waals surface area contributed by atoms with Crippen LogP contribution in [0.2, 0.25) is 0 Å². The van der Waals surface area contributed by atoms with E-state index in [1.54, 1.807) is 12.1 Å². The van der Waals surface area contributed by atoms with E-state index in [0.717, 1.165) is 50.4 Å². The quantitative estimate of drug-likeness (QED) is 0.156. The maximum absolute atomic E-state index is 15.7. The Bertz CT molecular complexity index is 2780. The summed E-state index contributed by atoms with van der Waals surface area (Å²) in [4.78, 5) is 9.19. The molecule has 8 aromatic rings. The van der Waals surface area contributed by atoms with E-state index in [-0.39, 0.29) is 37.7 Å². The number of para-hydroxylation sites is 3. The number of pyridine rings is 1. The average Bonchev–Trinajstić information content (AvgIpc) is 3.73. The van der Waals surface area contributed by atoms with E-state index in [9.17, 15) is 0 Å². The molecule has 0 aliphatic carbocycles. The molecule has 5 nitrogen and oxygen atoms in total. The minimum atomic E-state index is -0.343. The summed E-state index contributed by atoms with van der Waals surface area (Å²) in [7, 11) is 0. The van der Waals surface area contributed by atoms with Gasteiger partial charge in [0.15, 0.2) is 0 Å². The first-order valence-corrected chi connectivity index (χ1v) is 19.0. The number of aromatic nitrogens is 2. The minimum absolute atomic E-state index is 0. The Morgan fingerprint density at radius 2 is 1.32 bits per heavy atom. The van der Waals surface area contributed by atoms with E-state index in [2.05, 4.69) is 141 Å². The van der Waals surface area contributed by atoms with Gasteiger partial charge < -0.3 is 19.1 Å². The first-order valence-electron chi connectivity index (χ1n) is 19.0. The van der Waals surface area contributed by atoms with Crippen molar-refractivity contribution in [2.45, 2.75) is 52.4 Å². The van der Waals surface area contributed by atoms with Crippen molar-refractivity contribution in [2.75, 3.05) is 9.80 Å². The number of anilines is 4. The summed E-state index contributed by atoms with van der Waals surface area (Å²) in [5.74, 6) is 1.30. The number of ether oxygens (including phenoxy) is 1. The SMILES string of the molecule is CC(C)(C)c1cccc(N2[CH-]N(c3[c-]c(Oc4[c-]c5c(cc4-c4ccccc4F)c4ccccc4n5-c4cc(C(C)(C)C)ccn4)ccc3)c3ccccc32)c1.[Pt]. The molecule has 0 fully saturated rings. The van der Waals surface area contributed by atoms with Gasteiger partial charge in [-0.3, -0.25) is 0 Å². The van der Waals surface area contributed by atoms with Gasteiger partial charge in [-0.15, -0.1) is 42.0 Å². The van der Waals surface area contributed by atoms with E-state index in [1.165, 1.54) is 17.2 Å². The number of hydrogen-bond donors (Lipinski definition) is 0. The van der Waals surface area contributed by atoms with Gasteiger partial charge >= 0.3 is 0 Å². The molecule has 0 unspecified atom stereocenters. The summed E-state index contributed by atoms with van der Waals surface area (Å²) >= 11 is 0. The fourth-order valence-corrected chi connectivity index (χ4v) is 7.50. The van der Waals surface area contributed by atoms with Crippen LogP contribution in [-0.2, 0) is 31.9 Å². The van der Waals surface area contributed by atoms with Crippen LogP contribution >= 0.6 is 0 Å². The van der Waals surface area contributed by atoms with E-state index in [4.69, 9.17) is 9.72 Å². The third-order valence-electron chi connectivity index (χ3n) is 10.5. The minimum Gasteiger partial charge on any atom is -0.509 e. The van der Waals surface area contributed by atoms with Crippen molar-refractivity contribution < 1.29 is 30.2 Å². The molecule has 57 heavy (non-hydrogen) atoms. The first-order chi connectivity index (χ1) is 26.9. The third kappa shape index (κ3) is 7.02. The Hall–Kier alpha value is -5.71. The molecule has 2 aromatic heterocycles. The number of nitrogens with zero attached hydrogens (tertiary/aromatic N) is 4. The van der Waals surface area contributed by atoms with Crippen LogP contribution in [0.15, 0.2) is 140 Å². The molecule has 0 atom stereocenters. The normalized spacial score (nSPS) is 12.9. The predicted molar refractivity (Wildman–Crippen MR) is 227 cm³/mol. The van der Waals surface area contributed by atoms with Crippen LogP contribution < -0.4 is 14.5 Å². The van der Waals surface area contributed by atoms with Gasteiger partial charge in [-0.1, -0.05) is 113 Å². The van der Waals surface area contributed by atoms with Crippen LogP contribution in [0.25, 0.3) is 38.8 Å². The molecule has 0 spiro atoms. The molecule has 1 aliphatic heterocycles. The smallest absolute Gasteiger partial charge is 0.135 e. The van der Waals surface area contributed by atoms with Crippen LogP contribution in [0.5, 0.6) is 11.5 Å². The standard InChI is InChI=1S/C50H42FN4O.Pt/c1-49(2,3)33-15-13-16-35(27-33)53-32-54(45-24-12-11-23-44(45)53)36-17-14-18-37(29-36)56-47-31-46-40(30-41(47)38-19-7-9-21-42(38)51)39-20-8-10-22-43(39)55(46)48-28-34(25-26-52-48)50(4,5)6;/h7-28,30,32H,1-6H3;/q-3;. The second-order valence-corrected chi connectivity index (χ2v) is 16.4. The third-order valence-corrected chi connectivity index (χ3v) is 10.5. The number of benzene rings is 6. The summed E-state index contributed by atoms with van der Waals surface area (Å²) in [5.41, 5.74) is 9.11. The molecule has 0 saturated carbocycles. The maximum atomic E-state index is 15.7. The van der Waals surface area contributed by atoms with Gasteiger partial charge in [-0.2, -0.15) is 12.1 Å². The Morgan fingerprint density at radius 1 is 0.632 bits per heavy atom. The molecule has 1 aliphatic rings. The van der Waals surface area contributed by atoms with Gasteiger partial charge in [0, 0.05) is 61.3 Å². The van der Waals surface area contributed by atoms with E-state index in [0.29, 0.717) is 22.6 Å². The zero-order valence-electron chi connectivity index (χ0n) is 32.7. The van der Waals surface area contributed by atoms with Crippen LogP contribution in [0, 0.1) is 24.6 Å². The largest absolute Gasteiger partial charge is 0.509 e. The van der Waals surface area contributed by atoms with Crippen LogP contribution in [0.3, 0.4) is 0 Å². The van der Waals surface area contributed by atoms with Gasteiger partial charge in [0.25, 0.3) is 0 Å². The first kappa shape index (κ1) is 38.2. The molecule has 0 amide bonds. The summed E-state index contributed by atoms with van der Waals surface area (Å²) in [6.07, 6.45) is 1.86. The number of fused-ring (bicyclic) bond motifs is 4. The van der Waals surface area contributed by atoms with Crippen molar-refractivity contribution in [2.24, 2.45) is 0 Å². The summed E-state index contributed by atoms with van der Waals surface area (Å²) in [6.45, 7) is 15.4. The van der Waals surface area contributed by atoms with Gasteiger partial charge in [-0.05, 0) is 81.4 Å². The molecule has 0 bridgehead atoms. The molecule has 0 saturated heterocycles. The Balaban J connectivity index is 0.00000455. The number of hydrogen-bond acceptors (Lipinski definition) is 4. The van der Waals surface area contributed by atoms with Gasteiger partial charge in [0.2, 0.25) is 0 Å². The zero-order valence-corrected chi connectivity index (χ0v) is 35.0. The van der Waals surface area contributed by atoms with E-state index < -0.39 is 0 Å². The average molecular weight is 929 g/mol. The maximum Gasteiger partial charge on any atom is 0.135 e. The second kappa shape index (κ2) is 14.7. The fraction of sp³-hybridized carbons (Fsp3) is 0.160. The predicted octanol–water partition coefficient (Wildman–Crippen LogP) is 13.4. The molecule has 9 rings (SSSR count). The Labute approximate surface area is 348 Å². The van der Waals surface area contributed by atoms with Crippen molar-refractivity contribution in [3.8, 4) is 28.4 Å². The Kier molecular flexibility index (Phi) is 9.82. The molecule has 6 aromatic carbocycles. The molecule has 3 heterocycles. The van der Waals surface area contributed by atoms with Crippen molar-refractivity contribution in [1.29, 1.82) is 0 Å². The van der Waals surface area contributed by atoms with Gasteiger partial charge in [0.05, 0.1) is 0 Å². The number of rotatable bonds is 6. The van der Waals surface area contributed by atoms with E-state index >= 15 is 4.39 Å². The monoisotopic (exact) mass is 928 g/mol. The Morgan fingerprint density at radius 3 is 2.09 bits per heavy atom.